The molecule has 1 heterocycles. The summed E-state index contributed by atoms with van der Waals surface area (Å²) in [6, 6.07) is 5.94. The third-order valence-electron chi connectivity index (χ3n) is 1.94. The first-order valence-corrected chi connectivity index (χ1v) is 5.54. The number of hydrogen-bond donors (Lipinski definition) is 0. The monoisotopic (exact) mass is 266 g/mol. The van der Waals surface area contributed by atoms with Crippen LogP contribution in [0.1, 0.15) is 13.8 Å². The molecule has 0 saturated carbocycles. The third kappa shape index (κ3) is 2.26. The molecule has 1 aromatic heterocycles. The lowest BCUT2D eigenvalue weighted by molar-refractivity contribution is 0.233. The van der Waals surface area contributed by atoms with Gasteiger partial charge in [-0.25, -0.2) is 0 Å². The van der Waals surface area contributed by atoms with Crippen molar-refractivity contribution in [2.45, 2.75) is 20.0 Å². The first-order chi connectivity index (χ1) is 7.16. The van der Waals surface area contributed by atoms with Gasteiger partial charge in [0.25, 0.3) is 0 Å². The van der Waals surface area contributed by atoms with Gasteiger partial charge in [0, 0.05) is 15.2 Å². The number of fused-ring (bicyclic) bond motifs is 1. The highest BCUT2D eigenvalue weighted by atomic mass is 79.9. The van der Waals surface area contributed by atoms with Crippen LogP contribution >= 0.6 is 15.9 Å². The molecule has 3 nitrogen and oxygen atoms in total. The molecule has 0 saturated heterocycles. The van der Waals surface area contributed by atoms with Crippen LogP contribution in [-0.2, 0) is 0 Å². The number of halogens is 1. The Balaban J connectivity index is 2.56. The standard InChI is InChI=1S/C11H11BrN2O/c1-7(2)15-11-10-4-3-9(12)5-8(10)6-13-14-11/h3-7H,1-2H3. The summed E-state index contributed by atoms with van der Waals surface area (Å²) < 4.78 is 6.60. The molecular weight excluding hydrogens is 256 g/mol. The molecule has 0 N–H and O–H groups in total. The van der Waals surface area contributed by atoms with Crippen LogP contribution in [0.4, 0.5) is 0 Å². The van der Waals surface area contributed by atoms with E-state index in [1.165, 1.54) is 0 Å². The predicted octanol–water partition coefficient (Wildman–Crippen LogP) is 3.18. The van der Waals surface area contributed by atoms with Crippen LogP contribution in [0.3, 0.4) is 0 Å². The van der Waals surface area contributed by atoms with Gasteiger partial charge in [-0.2, -0.15) is 5.10 Å². The lowest BCUT2D eigenvalue weighted by atomic mass is 10.2. The van der Waals surface area contributed by atoms with E-state index in [4.69, 9.17) is 4.74 Å². The van der Waals surface area contributed by atoms with E-state index in [1.54, 1.807) is 6.20 Å². The van der Waals surface area contributed by atoms with E-state index in [-0.39, 0.29) is 6.10 Å². The van der Waals surface area contributed by atoms with Crippen molar-refractivity contribution in [3.8, 4) is 5.88 Å². The van der Waals surface area contributed by atoms with Gasteiger partial charge in [-0.3, -0.25) is 0 Å². The summed E-state index contributed by atoms with van der Waals surface area (Å²) in [5.41, 5.74) is 0. The maximum atomic E-state index is 5.58. The van der Waals surface area contributed by atoms with Crippen LogP contribution in [0.15, 0.2) is 28.9 Å². The maximum absolute atomic E-state index is 5.58. The van der Waals surface area contributed by atoms with Gasteiger partial charge in [0.1, 0.15) is 0 Å². The summed E-state index contributed by atoms with van der Waals surface area (Å²) in [6.45, 7) is 3.94. The molecule has 0 bridgehead atoms. The van der Waals surface area contributed by atoms with E-state index >= 15 is 0 Å². The van der Waals surface area contributed by atoms with Gasteiger partial charge in [-0.15, -0.1) is 5.10 Å². The molecule has 0 aliphatic rings. The molecule has 0 spiro atoms. The summed E-state index contributed by atoms with van der Waals surface area (Å²) >= 11 is 3.42. The van der Waals surface area contributed by atoms with Crippen LogP contribution in [0.25, 0.3) is 10.8 Å². The lowest BCUT2D eigenvalue weighted by Gasteiger charge is -2.09. The van der Waals surface area contributed by atoms with Crippen LogP contribution in [0.5, 0.6) is 5.88 Å². The van der Waals surface area contributed by atoms with E-state index in [0.717, 1.165) is 15.2 Å². The first kappa shape index (κ1) is 10.4. The van der Waals surface area contributed by atoms with E-state index < -0.39 is 0 Å². The fraction of sp³-hybridized carbons (Fsp3) is 0.273. The molecule has 0 aliphatic carbocycles. The minimum atomic E-state index is 0.105. The minimum absolute atomic E-state index is 0.105. The second-order valence-electron chi connectivity index (χ2n) is 3.55. The number of hydrogen-bond acceptors (Lipinski definition) is 3. The first-order valence-electron chi connectivity index (χ1n) is 4.74. The highest BCUT2D eigenvalue weighted by Crippen LogP contribution is 2.25. The topological polar surface area (TPSA) is 35.0 Å². The van der Waals surface area contributed by atoms with Crippen molar-refractivity contribution in [3.05, 3.63) is 28.9 Å². The highest BCUT2D eigenvalue weighted by molar-refractivity contribution is 9.10. The Morgan fingerprint density at radius 1 is 1.33 bits per heavy atom. The predicted molar refractivity (Wildman–Crippen MR) is 63.0 cm³/mol. The van der Waals surface area contributed by atoms with Crippen LogP contribution in [0, 0.1) is 0 Å². The second kappa shape index (κ2) is 4.14. The Morgan fingerprint density at radius 2 is 2.13 bits per heavy atom. The lowest BCUT2D eigenvalue weighted by Crippen LogP contribution is -2.07. The quantitative estimate of drug-likeness (QED) is 0.838. The number of benzene rings is 1. The molecule has 78 valence electrons. The Hall–Kier alpha value is -1.16. The van der Waals surface area contributed by atoms with E-state index in [2.05, 4.69) is 26.1 Å². The Kier molecular flexibility index (Phi) is 2.86. The normalized spacial score (nSPS) is 10.9. The number of ether oxygens (including phenoxy) is 1. The SMILES string of the molecule is CC(C)Oc1nncc2cc(Br)ccc12. The Bertz CT molecular complexity index is 485. The van der Waals surface area contributed by atoms with Crippen molar-refractivity contribution in [3.63, 3.8) is 0 Å². The summed E-state index contributed by atoms with van der Waals surface area (Å²) in [7, 11) is 0. The minimum Gasteiger partial charge on any atom is -0.473 e. The fourth-order valence-electron chi connectivity index (χ4n) is 1.34. The summed E-state index contributed by atoms with van der Waals surface area (Å²) in [4.78, 5) is 0. The molecule has 2 aromatic rings. The van der Waals surface area contributed by atoms with Crippen molar-refractivity contribution in [1.82, 2.24) is 10.2 Å². The fourth-order valence-corrected chi connectivity index (χ4v) is 1.72. The van der Waals surface area contributed by atoms with Crippen molar-refractivity contribution in [2.24, 2.45) is 0 Å². The van der Waals surface area contributed by atoms with E-state index in [9.17, 15) is 0 Å². The zero-order valence-electron chi connectivity index (χ0n) is 8.57. The van der Waals surface area contributed by atoms with Gasteiger partial charge < -0.3 is 4.74 Å². The summed E-state index contributed by atoms with van der Waals surface area (Å²) in [6.07, 6.45) is 1.83. The number of nitrogens with zero attached hydrogens (tertiary/aromatic N) is 2. The molecule has 0 aliphatic heterocycles. The van der Waals surface area contributed by atoms with Crippen LogP contribution < -0.4 is 4.74 Å². The molecule has 15 heavy (non-hydrogen) atoms. The van der Waals surface area contributed by atoms with Crippen LogP contribution in [0.2, 0.25) is 0 Å². The largest absolute Gasteiger partial charge is 0.473 e. The van der Waals surface area contributed by atoms with Gasteiger partial charge in [-0.1, -0.05) is 15.9 Å². The van der Waals surface area contributed by atoms with Gasteiger partial charge in [0.15, 0.2) is 0 Å². The highest BCUT2D eigenvalue weighted by Gasteiger charge is 2.06. The summed E-state index contributed by atoms with van der Waals surface area (Å²) in [5, 5.41) is 9.91. The molecule has 0 amide bonds. The smallest absolute Gasteiger partial charge is 0.241 e. The molecule has 0 fully saturated rings. The summed E-state index contributed by atoms with van der Waals surface area (Å²) in [5.74, 6) is 0.593. The molecule has 2 rings (SSSR count). The van der Waals surface area contributed by atoms with Crippen molar-refractivity contribution < 1.29 is 4.74 Å². The molecule has 1 aromatic carbocycles. The molecule has 0 unspecified atom stereocenters. The van der Waals surface area contributed by atoms with Crippen molar-refractivity contribution in [1.29, 1.82) is 0 Å². The maximum Gasteiger partial charge on any atom is 0.241 e. The van der Waals surface area contributed by atoms with E-state index in [0.29, 0.717) is 5.88 Å². The van der Waals surface area contributed by atoms with E-state index in [1.807, 2.05) is 32.0 Å². The number of aromatic nitrogens is 2. The van der Waals surface area contributed by atoms with Crippen LogP contribution in [-0.4, -0.2) is 16.3 Å². The van der Waals surface area contributed by atoms with Gasteiger partial charge in [0.05, 0.1) is 12.3 Å². The van der Waals surface area contributed by atoms with Crippen molar-refractivity contribution >= 4 is 26.7 Å². The number of rotatable bonds is 2. The molecule has 4 heteroatoms. The zero-order valence-corrected chi connectivity index (χ0v) is 10.2. The molecular formula is C11H11BrN2O. The average Bonchev–Trinajstić information content (AvgIpc) is 2.16. The Labute approximate surface area is 96.6 Å². The zero-order chi connectivity index (χ0) is 10.8. The molecule has 0 atom stereocenters. The third-order valence-corrected chi connectivity index (χ3v) is 2.43. The van der Waals surface area contributed by atoms with Gasteiger partial charge in [0.2, 0.25) is 5.88 Å². The van der Waals surface area contributed by atoms with Gasteiger partial charge in [-0.05, 0) is 32.0 Å². The Morgan fingerprint density at radius 3 is 2.87 bits per heavy atom. The molecule has 0 radical (unpaired) electrons. The van der Waals surface area contributed by atoms with Crippen molar-refractivity contribution in [2.75, 3.05) is 0 Å². The second-order valence-corrected chi connectivity index (χ2v) is 4.46. The average molecular weight is 267 g/mol. The van der Waals surface area contributed by atoms with Gasteiger partial charge >= 0.3 is 0 Å².